The molecule has 0 aliphatic heterocycles. The number of hydrogen-bond acceptors (Lipinski definition) is 1. The Bertz CT molecular complexity index is 640. The molecular formula is C15H12ClF4N. The number of alkyl halides is 3. The van der Waals surface area contributed by atoms with E-state index < -0.39 is 23.6 Å². The summed E-state index contributed by atoms with van der Waals surface area (Å²) >= 11 is 5.64. The highest BCUT2D eigenvalue weighted by atomic mass is 35.5. The van der Waals surface area contributed by atoms with E-state index in [1.807, 2.05) is 0 Å². The van der Waals surface area contributed by atoms with Crippen molar-refractivity contribution in [1.82, 2.24) is 0 Å². The molecule has 0 spiro atoms. The zero-order valence-corrected chi connectivity index (χ0v) is 11.8. The molecule has 0 aliphatic carbocycles. The fourth-order valence-electron chi connectivity index (χ4n) is 2.05. The van der Waals surface area contributed by atoms with Crippen LogP contribution in [0.25, 0.3) is 0 Å². The largest absolute Gasteiger partial charge is 0.416 e. The van der Waals surface area contributed by atoms with Gasteiger partial charge in [0.05, 0.1) is 11.3 Å². The van der Waals surface area contributed by atoms with E-state index in [0.717, 1.165) is 12.1 Å². The zero-order valence-electron chi connectivity index (χ0n) is 11.0. The van der Waals surface area contributed by atoms with Crippen LogP contribution in [0, 0.1) is 5.82 Å². The lowest BCUT2D eigenvalue weighted by Crippen LogP contribution is -2.15. The molecule has 0 bridgehead atoms. The summed E-state index contributed by atoms with van der Waals surface area (Å²) in [4.78, 5) is 0. The van der Waals surface area contributed by atoms with E-state index in [4.69, 9.17) is 11.6 Å². The van der Waals surface area contributed by atoms with Crippen molar-refractivity contribution in [2.24, 2.45) is 0 Å². The molecule has 1 nitrogen and oxygen atoms in total. The highest BCUT2D eigenvalue weighted by Gasteiger charge is 2.34. The molecule has 2 rings (SSSR count). The van der Waals surface area contributed by atoms with Gasteiger partial charge in [-0.25, -0.2) is 4.39 Å². The molecule has 1 N–H and O–H groups in total. The van der Waals surface area contributed by atoms with Crippen LogP contribution in [-0.2, 0) is 6.18 Å². The molecule has 2 aromatic carbocycles. The lowest BCUT2D eigenvalue weighted by atomic mass is 10.0. The molecule has 1 unspecified atom stereocenters. The molecule has 0 saturated carbocycles. The molecule has 6 heteroatoms. The van der Waals surface area contributed by atoms with Crippen molar-refractivity contribution < 1.29 is 17.6 Å². The van der Waals surface area contributed by atoms with Crippen LogP contribution in [0.2, 0.25) is 5.02 Å². The first kappa shape index (κ1) is 15.6. The Morgan fingerprint density at radius 2 is 1.76 bits per heavy atom. The number of rotatable bonds is 3. The third kappa shape index (κ3) is 3.67. The van der Waals surface area contributed by atoms with Crippen LogP contribution < -0.4 is 5.32 Å². The van der Waals surface area contributed by atoms with Gasteiger partial charge in [0, 0.05) is 11.1 Å². The summed E-state index contributed by atoms with van der Waals surface area (Å²) < 4.78 is 52.6. The van der Waals surface area contributed by atoms with Crippen LogP contribution in [0.5, 0.6) is 0 Å². The first-order valence-corrected chi connectivity index (χ1v) is 6.54. The molecule has 0 saturated heterocycles. The summed E-state index contributed by atoms with van der Waals surface area (Å²) in [7, 11) is 0. The van der Waals surface area contributed by atoms with E-state index in [-0.39, 0.29) is 16.3 Å². The molecule has 112 valence electrons. The summed E-state index contributed by atoms with van der Waals surface area (Å²) in [6, 6.07) is 8.47. The quantitative estimate of drug-likeness (QED) is 0.719. The normalized spacial score (nSPS) is 13.0. The first-order chi connectivity index (χ1) is 9.79. The van der Waals surface area contributed by atoms with Gasteiger partial charge < -0.3 is 5.32 Å². The maximum Gasteiger partial charge on any atom is 0.416 e. The van der Waals surface area contributed by atoms with E-state index in [2.05, 4.69) is 5.32 Å². The monoisotopic (exact) mass is 317 g/mol. The maximum absolute atomic E-state index is 13.7. The van der Waals surface area contributed by atoms with Gasteiger partial charge in [0.15, 0.2) is 0 Å². The average Bonchev–Trinajstić information content (AvgIpc) is 2.41. The van der Waals surface area contributed by atoms with Gasteiger partial charge in [0.1, 0.15) is 5.82 Å². The molecule has 0 heterocycles. The van der Waals surface area contributed by atoms with E-state index in [0.29, 0.717) is 0 Å². The van der Waals surface area contributed by atoms with Gasteiger partial charge in [-0.05, 0) is 36.8 Å². The fourth-order valence-corrected chi connectivity index (χ4v) is 2.21. The Labute approximate surface area is 124 Å². The van der Waals surface area contributed by atoms with Crippen molar-refractivity contribution in [1.29, 1.82) is 0 Å². The van der Waals surface area contributed by atoms with Crippen molar-refractivity contribution in [3.05, 3.63) is 64.4 Å². The average molecular weight is 318 g/mol. The zero-order chi connectivity index (χ0) is 15.6. The Morgan fingerprint density at radius 1 is 1.10 bits per heavy atom. The van der Waals surface area contributed by atoms with Crippen molar-refractivity contribution in [2.45, 2.75) is 19.1 Å². The number of benzene rings is 2. The Kier molecular flexibility index (Phi) is 4.42. The predicted molar refractivity (Wildman–Crippen MR) is 74.9 cm³/mol. The summed E-state index contributed by atoms with van der Waals surface area (Å²) in [5.41, 5.74) is -0.581. The van der Waals surface area contributed by atoms with E-state index in [1.165, 1.54) is 30.3 Å². The topological polar surface area (TPSA) is 12.0 Å². The van der Waals surface area contributed by atoms with Gasteiger partial charge in [0.25, 0.3) is 0 Å². The van der Waals surface area contributed by atoms with Gasteiger partial charge in [0.2, 0.25) is 0 Å². The molecule has 0 aromatic heterocycles. The van der Waals surface area contributed by atoms with E-state index >= 15 is 0 Å². The summed E-state index contributed by atoms with van der Waals surface area (Å²) in [6.07, 6.45) is -4.45. The van der Waals surface area contributed by atoms with Crippen LogP contribution in [-0.4, -0.2) is 0 Å². The second-order valence-electron chi connectivity index (χ2n) is 4.58. The van der Waals surface area contributed by atoms with Gasteiger partial charge in [-0.3, -0.25) is 0 Å². The summed E-state index contributed by atoms with van der Waals surface area (Å²) in [6.45, 7) is 1.54. The number of hydrogen-bond donors (Lipinski definition) is 1. The molecule has 0 aliphatic rings. The minimum atomic E-state index is -4.45. The Balaban J connectivity index is 2.31. The van der Waals surface area contributed by atoms with Crippen molar-refractivity contribution in [3.63, 3.8) is 0 Å². The van der Waals surface area contributed by atoms with Gasteiger partial charge >= 0.3 is 6.18 Å². The highest BCUT2D eigenvalue weighted by molar-refractivity contribution is 6.30. The SMILES string of the molecule is CC(Nc1ccc(Cl)cc1F)c1ccccc1C(F)(F)F. The van der Waals surface area contributed by atoms with Gasteiger partial charge in [-0.15, -0.1) is 0 Å². The van der Waals surface area contributed by atoms with Crippen molar-refractivity contribution in [3.8, 4) is 0 Å². The Hall–Kier alpha value is -1.75. The number of anilines is 1. The van der Waals surface area contributed by atoms with Crippen LogP contribution >= 0.6 is 11.6 Å². The van der Waals surface area contributed by atoms with Crippen molar-refractivity contribution in [2.75, 3.05) is 5.32 Å². The predicted octanol–water partition coefficient (Wildman–Crippen LogP) is 5.67. The van der Waals surface area contributed by atoms with Crippen molar-refractivity contribution >= 4 is 17.3 Å². The minimum Gasteiger partial charge on any atom is -0.376 e. The lowest BCUT2D eigenvalue weighted by molar-refractivity contribution is -0.138. The summed E-state index contributed by atoms with van der Waals surface area (Å²) in [5, 5.41) is 2.96. The van der Waals surface area contributed by atoms with Gasteiger partial charge in [-0.2, -0.15) is 13.2 Å². The van der Waals surface area contributed by atoms with E-state index in [1.54, 1.807) is 6.92 Å². The van der Waals surface area contributed by atoms with Gasteiger partial charge in [-0.1, -0.05) is 29.8 Å². The molecule has 0 fully saturated rings. The van der Waals surface area contributed by atoms with Crippen LogP contribution in [0.15, 0.2) is 42.5 Å². The van der Waals surface area contributed by atoms with E-state index in [9.17, 15) is 17.6 Å². The second-order valence-corrected chi connectivity index (χ2v) is 5.01. The smallest absolute Gasteiger partial charge is 0.376 e. The molecule has 21 heavy (non-hydrogen) atoms. The molecular weight excluding hydrogens is 306 g/mol. The molecule has 1 atom stereocenters. The first-order valence-electron chi connectivity index (χ1n) is 6.16. The maximum atomic E-state index is 13.7. The van der Waals surface area contributed by atoms with Crippen LogP contribution in [0.3, 0.4) is 0 Å². The fraction of sp³-hybridized carbons (Fsp3) is 0.200. The standard InChI is InChI=1S/C15H12ClF4N/c1-9(21-14-7-6-10(16)8-13(14)17)11-4-2-3-5-12(11)15(18,19)20/h2-9,21H,1H3. The van der Waals surface area contributed by atoms with Crippen LogP contribution in [0.4, 0.5) is 23.2 Å². The minimum absolute atomic E-state index is 0.0550. The lowest BCUT2D eigenvalue weighted by Gasteiger charge is -2.20. The third-order valence-electron chi connectivity index (χ3n) is 3.04. The molecule has 0 amide bonds. The Morgan fingerprint density at radius 3 is 2.38 bits per heavy atom. The number of nitrogens with one attached hydrogen (secondary N) is 1. The molecule has 0 radical (unpaired) electrons. The van der Waals surface area contributed by atoms with Crippen LogP contribution in [0.1, 0.15) is 24.1 Å². The summed E-state index contributed by atoms with van der Waals surface area (Å²) in [5.74, 6) is -0.612. The number of halogens is 5. The third-order valence-corrected chi connectivity index (χ3v) is 3.27. The molecule has 2 aromatic rings. The highest BCUT2D eigenvalue weighted by Crippen LogP contribution is 2.35. The second kappa shape index (κ2) is 5.93.